The van der Waals surface area contributed by atoms with Crippen LogP contribution in [-0.4, -0.2) is 21.7 Å². The van der Waals surface area contributed by atoms with Crippen molar-refractivity contribution < 1.29 is 4.79 Å². The minimum absolute atomic E-state index is 0.0951. The molecule has 1 N–H and O–H groups in total. The summed E-state index contributed by atoms with van der Waals surface area (Å²) < 4.78 is 2.24. The maximum absolute atomic E-state index is 12.9. The molecule has 1 heterocycles. The highest BCUT2D eigenvalue weighted by atomic mass is 32.2. The van der Waals surface area contributed by atoms with Crippen molar-refractivity contribution in [2.45, 2.75) is 43.0 Å². The average molecular weight is 366 g/mol. The fourth-order valence-electron chi connectivity index (χ4n) is 3.84. The molecule has 0 unspecified atom stereocenters. The van der Waals surface area contributed by atoms with E-state index in [1.165, 1.54) is 19.3 Å². The number of hydrogen-bond donors (Lipinski definition) is 1. The van der Waals surface area contributed by atoms with Gasteiger partial charge in [0.25, 0.3) is 5.91 Å². The second kappa shape index (κ2) is 7.54. The molecule has 1 aliphatic rings. The highest BCUT2D eigenvalue weighted by molar-refractivity contribution is 7.98. The van der Waals surface area contributed by atoms with Crippen molar-refractivity contribution in [2.24, 2.45) is 0 Å². The zero-order valence-corrected chi connectivity index (χ0v) is 15.8. The van der Waals surface area contributed by atoms with Crippen LogP contribution in [0.25, 0.3) is 11.0 Å². The first-order valence-electron chi connectivity index (χ1n) is 9.19. The Balaban J connectivity index is 1.72. The summed E-state index contributed by atoms with van der Waals surface area (Å²) in [6.45, 7) is 0. The number of imidazole rings is 1. The number of anilines is 1. The normalized spacial score (nSPS) is 15.3. The summed E-state index contributed by atoms with van der Waals surface area (Å²) in [7, 11) is 0. The summed E-state index contributed by atoms with van der Waals surface area (Å²) in [5.41, 5.74) is 2.74. The predicted octanol–water partition coefficient (Wildman–Crippen LogP) is 5.52. The standard InChI is InChI=1S/C21H23N3OS/c1-26-19-14-8-5-11-16(19)20(25)23-21-22-17-12-6-7-13-18(17)24(21)15-9-3-2-4-10-15/h5-8,11-15H,2-4,9-10H2,1H3,(H,22,23,25). The quantitative estimate of drug-likeness (QED) is 0.620. The molecular weight excluding hydrogens is 342 g/mol. The molecule has 3 aromatic rings. The third kappa shape index (κ3) is 3.23. The molecule has 2 aromatic carbocycles. The highest BCUT2D eigenvalue weighted by Crippen LogP contribution is 2.34. The van der Waals surface area contributed by atoms with Crippen LogP contribution in [0, 0.1) is 0 Å². The Hall–Kier alpha value is -2.27. The van der Waals surface area contributed by atoms with Crippen molar-refractivity contribution in [2.75, 3.05) is 11.6 Å². The fourth-order valence-corrected chi connectivity index (χ4v) is 4.44. The number of carbonyl (C=O) groups excluding carboxylic acids is 1. The molecular formula is C21H23N3OS. The number of hydrogen-bond acceptors (Lipinski definition) is 3. The van der Waals surface area contributed by atoms with Gasteiger partial charge in [0.1, 0.15) is 0 Å². The van der Waals surface area contributed by atoms with Crippen LogP contribution in [-0.2, 0) is 0 Å². The number of benzene rings is 2. The van der Waals surface area contributed by atoms with Crippen LogP contribution < -0.4 is 5.32 Å². The molecule has 1 saturated carbocycles. The molecule has 1 aromatic heterocycles. The van der Waals surface area contributed by atoms with Crippen LogP contribution in [0.15, 0.2) is 53.4 Å². The summed E-state index contributed by atoms with van der Waals surface area (Å²) in [4.78, 5) is 18.6. The van der Waals surface area contributed by atoms with Gasteiger partial charge in [-0.15, -0.1) is 11.8 Å². The lowest BCUT2D eigenvalue weighted by molar-refractivity contribution is 0.102. The van der Waals surface area contributed by atoms with Crippen molar-refractivity contribution in [1.29, 1.82) is 0 Å². The van der Waals surface area contributed by atoms with Crippen LogP contribution in [0.3, 0.4) is 0 Å². The number of nitrogens with zero attached hydrogens (tertiary/aromatic N) is 2. The van der Waals surface area contributed by atoms with Crippen molar-refractivity contribution in [3.05, 3.63) is 54.1 Å². The monoisotopic (exact) mass is 365 g/mol. The van der Waals surface area contributed by atoms with Crippen LogP contribution in [0.2, 0.25) is 0 Å². The van der Waals surface area contributed by atoms with E-state index in [1.54, 1.807) is 11.8 Å². The number of thioether (sulfide) groups is 1. The molecule has 0 bridgehead atoms. The Bertz CT molecular complexity index is 928. The van der Waals surface area contributed by atoms with Gasteiger partial charge >= 0.3 is 0 Å². The van der Waals surface area contributed by atoms with Crippen LogP contribution in [0.4, 0.5) is 5.95 Å². The number of rotatable bonds is 4. The first kappa shape index (κ1) is 17.2. The fraction of sp³-hybridized carbons (Fsp3) is 0.333. The summed E-state index contributed by atoms with van der Waals surface area (Å²) in [6.07, 6.45) is 8.05. The van der Waals surface area contributed by atoms with Gasteiger partial charge in [-0.1, -0.05) is 43.5 Å². The van der Waals surface area contributed by atoms with Gasteiger partial charge in [0.15, 0.2) is 0 Å². The Morgan fingerprint density at radius 3 is 2.62 bits per heavy atom. The van der Waals surface area contributed by atoms with Gasteiger partial charge in [0.05, 0.1) is 16.6 Å². The molecule has 0 spiro atoms. The summed E-state index contributed by atoms with van der Waals surface area (Å²) in [6, 6.07) is 16.3. The van der Waals surface area contributed by atoms with Gasteiger partial charge in [0.2, 0.25) is 5.95 Å². The van der Waals surface area contributed by atoms with E-state index in [-0.39, 0.29) is 5.91 Å². The zero-order valence-electron chi connectivity index (χ0n) is 14.9. The SMILES string of the molecule is CSc1ccccc1C(=O)Nc1nc2ccccc2n1C1CCCCC1. The van der Waals surface area contributed by atoms with Crippen LogP contribution in [0.5, 0.6) is 0 Å². The molecule has 26 heavy (non-hydrogen) atoms. The summed E-state index contributed by atoms with van der Waals surface area (Å²) in [5, 5.41) is 3.09. The third-order valence-corrected chi connectivity index (χ3v) is 5.91. The lowest BCUT2D eigenvalue weighted by Gasteiger charge is -2.25. The van der Waals surface area contributed by atoms with Gasteiger partial charge in [-0.05, 0) is 43.4 Å². The zero-order chi connectivity index (χ0) is 17.9. The molecule has 134 valence electrons. The molecule has 5 heteroatoms. The number of amides is 1. The molecule has 1 fully saturated rings. The molecule has 4 rings (SSSR count). The molecule has 0 saturated heterocycles. The van der Waals surface area contributed by atoms with Crippen molar-refractivity contribution in [3.8, 4) is 0 Å². The maximum Gasteiger partial charge on any atom is 0.259 e. The lowest BCUT2D eigenvalue weighted by atomic mass is 9.95. The van der Waals surface area contributed by atoms with E-state index >= 15 is 0 Å². The smallest absolute Gasteiger partial charge is 0.259 e. The molecule has 0 atom stereocenters. The number of para-hydroxylation sites is 2. The topological polar surface area (TPSA) is 46.9 Å². The van der Waals surface area contributed by atoms with E-state index in [0.29, 0.717) is 17.6 Å². The number of carbonyl (C=O) groups is 1. The molecule has 1 aliphatic carbocycles. The third-order valence-electron chi connectivity index (χ3n) is 5.11. The van der Waals surface area contributed by atoms with Crippen molar-refractivity contribution in [3.63, 3.8) is 0 Å². The van der Waals surface area contributed by atoms with E-state index in [1.807, 2.05) is 48.7 Å². The van der Waals surface area contributed by atoms with E-state index in [4.69, 9.17) is 4.98 Å². The minimum Gasteiger partial charge on any atom is -0.307 e. The van der Waals surface area contributed by atoms with Crippen molar-refractivity contribution >= 4 is 34.7 Å². The Morgan fingerprint density at radius 2 is 1.81 bits per heavy atom. The van der Waals surface area contributed by atoms with E-state index in [9.17, 15) is 4.79 Å². The number of nitrogens with one attached hydrogen (secondary N) is 1. The van der Waals surface area contributed by atoms with E-state index in [0.717, 1.165) is 28.8 Å². The van der Waals surface area contributed by atoms with Gasteiger partial charge in [-0.3, -0.25) is 10.1 Å². The molecule has 0 aliphatic heterocycles. The van der Waals surface area contributed by atoms with Gasteiger partial charge in [0, 0.05) is 10.9 Å². The van der Waals surface area contributed by atoms with Gasteiger partial charge in [-0.2, -0.15) is 0 Å². The summed E-state index contributed by atoms with van der Waals surface area (Å²) in [5.74, 6) is 0.571. The Morgan fingerprint density at radius 1 is 1.08 bits per heavy atom. The minimum atomic E-state index is -0.0951. The lowest BCUT2D eigenvalue weighted by Crippen LogP contribution is -2.20. The maximum atomic E-state index is 12.9. The Labute approximate surface area is 158 Å². The average Bonchev–Trinajstić information content (AvgIpc) is 3.06. The summed E-state index contributed by atoms with van der Waals surface area (Å²) >= 11 is 1.58. The number of aromatic nitrogens is 2. The van der Waals surface area contributed by atoms with E-state index < -0.39 is 0 Å². The first-order valence-corrected chi connectivity index (χ1v) is 10.4. The molecule has 1 amide bonds. The second-order valence-electron chi connectivity index (χ2n) is 6.74. The predicted molar refractivity (Wildman–Crippen MR) is 108 cm³/mol. The largest absolute Gasteiger partial charge is 0.307 e. The van der Waals surface area contributed by atoms with Crippen LogP contribution in [0.1, 0.15) is 48.5 Å². The van der Waals surface area contributed by atoms with Crippen molar-refractivity contribution in [1.82, 2.24) is 9.55 Å². The van der Waals surface area contributed by atoms with E-state index in [2.05, 4.69) is 16.0 Å². The van der Waals surface area contributed by atoms with Gasteiger partial charge in [-0.25, -0.2) is 4.98 Å². The first-order chi connectivity index (χ1) is 12.8. The molecule has 4 nitrogen and oxygen atoms in total. The Kier molecular flexibility index (Phi) is 4.98. The van der Waals surface area contributed by atoms with Crippen LogP contribution >= 0.6 is 11.8 Å². The van der Waals surface area contributed by atoms with Gasteiger partial charge < -0.3 is 4.57 Å². The number of fused-ring (bicyclic) bond motifs is 1. The molecule has 0 radical (unpaired) electrons. The highest BCUT2D eigenvalue weighted by Gasteiger charge is 2.23. The second-order valence-corrected chi connectivity index (χ2v) is 7.59.